The van der Waals surface area contributed by atoms with Crippen molar-refractivity contribution in [2.45, 2.75) is 47.1 Å². The molecule has 5 rings (SSSR count). The number of hydrogen-bond donors (Lipinski definition) is 2. The summed E-state index contributed by atoms with van der Waals surface area (Å²) in [5.41, 5.74) is 10.3. The van der Waals surface area contributed by atoms with Gasteiger partial charge in [0.1, 0.15) is 18.2 Å². The summed E-state index contributed by atoms with van der Waals surface area (Å²) in [5.74, 6) is 2.35. The van der Waals surface area contributed by atoms with E-state index < -0.39 is 0 Å². The zero-order chi connectivity index (χ0) is 24.5. The molecule has 2 aromatic heterocycles. The minimum atomic E-state index is 0.348. The number of hydrogen-bond acceptors (Lipinski definition) is 5. The standard InChI is InChI=1S/C27H27ClN6O/c1-5-23-29-25-16(3)15(2)22(17(4)26(25)30-23)13-18-9-11-20(12-10-18)35-14-19-7-6-8-21(24(19)28)27-31-33-34-32-27/h6-12H,5,13-14H2,1-4H3,(H,29,30)(H,31,32,33,34). The molecule has 2 heterocycles. The lowest BCUT2D eigenvalue weighted by molar-refractivity contribution is 0.306. The smallest absolute Gasteiger partial charge is 0.180 e. The van der Waals surface area contributed by atoms with Gasteiger partial charge < -0.3 is 9.72 Å². The SMILES string of the molecule is CCc1nc2c(C)c(C)c(Cc3ccc(OCc4cccc(-c5nnn[nH]5)c4Cl)cc3)c(C)c2[nH]1. The van der Waals surface area contributed by atoms with Crippen molar-refractivity contribution in [3.8, 4) is 17.1 Å². The Balaban J connectivity index is 1.32. The lowest BCUT2D eigenvalue weighted by atomic mass is 9.91. The fourth-order valence-electron chi connectivity index (χ4n) is 4.45. The molecule has 0 aliphatic rings. The first-order valence-corrected chi connectivity index (χ1v) is 12.0. The van der Waals surface area contributed by atoms with Gasteiger partial charge in [0, 0.05) is 17.5 Å². The first-order chi connectivity index (χ1) is 17.0. The quantitative estimate of drug-likeness (QED) is 0.292. The molecule has 2 N–H and O–H groups in total. The molecule has 35 heavy (non-hydrogen) atoms. The number of halogens is 1. The number of tetrazole rings is 1. The molecule has 0 aliphatic heterocycles. The average Bonchev–Trinajstić information content (AvgIpc) is 3.56. The Bertz CT molecular complexity index is 1490. The van der Waals surface area contributed by atoms with Gasteiger partial charge >= 0.3 is 0 Å². The molecular weight excluding hydrogens is 460 g/mol. The predicted molar refractivity (Wildman–Crippen MR) is 138 cm³/mol. The molecule has 8 heteroatoms. The summed E-state index contributed by atoms with van der Waals surface area (Å²) < 4.78 is 6.03. The molecule has 0 aliphatic carbocycles. The Hall–Kier alpha value is -3.71. The van der Waals surface area contributed by atoms with E-state index in [4.69, 9.17) is 21.3 Å². The summed E-state index contributed by atoms with van der Waals surface area (Å²) in [4.78, 5) is 8.30. The van der Waals surface area contributed by atoms with Gasteiger partial charge in [0.05, 0.1) is 16.1 Å². The van der Waals surface area contributed by atoms with Gasteiger partial charge in [0.15, 0.2) is 5.82 Å². The fraction of sp³-hybridized carbons (Fsp3) is 0.259. The number of H-pyrrole nitrogens is 2. The van der Waals surface area contributed by atoms with Gasteiger partial charge in [-0.1, -0.05) is 42.8 Å². The molecule has 3 aromatic carbocycles. The number of ether oxygens (including phenoxy) is 1. The van der Waals surface area contributed by atoms with E-state index in [1.807, 2.05) is 30.3 Å². The summed E-state index contributed by atoms with van der Waals surface area (Å²) in [7, 11) is 0. The molecular formula is C27H27ClN6O. The third-order valence-corrected chi connectivity index (χ3v) is 7.11. The number of nitrogens with one attached hydrogen (secondary N) is 2. The van der Waals surface area contributed by atoms with Gasteiger partial charge in [0.2, 0.25) is 0 Å². The van der Waals surface area contributed by atoms with Crippen molar-refractivity contribution >= 4 is 22.6 Å². The highest BCUT2D eigenvalue weighted by molar-refractivity contribution is 6.34. The van der Waals surface area contributed by atoms with E-state index in [1.165, 1.54) is 27.8 Å². The Morgan fingerprint density at radius 1 is 0.971 bits per heavy atom. The minimum Gasteiger partial charge on any atom is -0.489 e. The van der Waals surface area contributed by atoms with Crippen LogP contribution in [0.25, 0.3) is 22.4 Å². The largest absolute Gasteiger partial charge is 0.489 e. The summed E-state index contributed by atoms with van der Waals surface area (Å²) in [6.07, 6.45) is 1.75. The van der Waals surface area contributed by atoms with Crippen molar-refractivity contribution in [1.82, 2.24) is 30.6 Å². The fourth-order valence-corrected chi connectivity index (χ4v) is 4.72. The highest BCUT2D eigenvalue weighted by Gasteiger charge is 2.16. The second-order valence-electron chi connectivity index (χ2n) is 8.75. The van der Waals surface area contributed by atoms with Crippen molar-refractivity contribution in [3.05, 3.63) is 86.7 Å². The maximum Gasteiger partial charge on any atom is 0.180 e. The van der Waals surface area contributed by atoms with Crippen LogP contribution in [0.15, 0.2) is 42.5 Å². The third-order valence-electron chi connectivity index (χ3n) is 6.66. The molecule has 0 unspecified atom stereocenters. The van der Waals surface area contributed by atoms with E-state index in [1.54, 1.807) is 0 Å². The highest BCUT2D eigenvalue weighted by atomic mass is 35.5. The summed E-state index contributed by atoms with van der Waals surface area (Å²) in [5, 5.41) is 14.5. The van der Waals surface area contributed by atoms with Crippen LogP contribution >= 0.6 is 11.6 Å². The Kier molecular flexibility index (Phi) is 6.26. The van der Waals surface area contributed by atoms with Gasteiger partial charge in [-0.25, -0.2) is 10.1 Å². The Morgan fingerprint density at radius 3 is 2.49 bits per heavy atom. The molecule has 0 saturated carbocycles. The van der Waals surface area contributed by atoms with Gasteiger partial charge in [-0.05, 0) is 83.6 Å². The molecule has 0 saturated heterocycles. The third kappa shape index (κ3) is 4.39. The normalized spacial score (nSPS) is 11.3. The van der Waals surface area contributed by atoms with Gasteiger partial charge in [-0.15, -0.1) is 5.10 Å². The number of rotatable bonds is 7. The monoisotopic (exact) mass is 486 g/mol. The lowest BCUT2D eigenvalue weighted by Crippen LogP contribution is -2.01. The number of fused-ring (bicyclic) bond motifs is 1. The molecule has 0 atom stereocenters. The number of aryl methyl sites for hydroxylation is 3. The van der Waals surface area contributed by atoms with Crippen LogP contribution in [0.2, 0.25) is 5.02 Å². The summed E-state index contributed by atoms with van der Waals surface area (Å²) in [6.45, 7) is 9.02. The first kappa shape index (κ1) is 23.1. The summed E-state index contributed by atoms with van der Waals surface area (Å²) in [6, 6.07) is 14.0. The van der Waals surface area contributed by atoms with E-state index in [2.05, 4.69) is 65.4 Å². The number of aromatic nitrogens is 6. The molecule has 0 amide bonds. The van der Waals surface area contributed by atoms with Crippen LogP contribution in [-0.2, 0) is 19.4 Å². The molecule has 0 fully saturated rings. The number of benzene rings is 3. The molecule has 5 aromatic rings. The number of aromatic amines is 2. The topological polar surface area (TPSA) is 92.4 Å². The average molecular weight is 487 g/mol. The maximum atomic E-state index is 6.57. The van der Waals surface area contributed by atoms with E-state index in [0.29, 0.717) is 17.5 Å². The van der Waals surface area contributed by atoms with Crippen molar-refractivity contribution in [1.29, 1.82) is 0 Å². The second-order valence-corrected chi connectivity index (χ2v) is 9.13. The van der Waals surface area contributed by atoms with Crippen LogP contribution in [0.1, 0.15) is 46.1 Å². The van der Waals surface area contributed by atoms with Crippen LogP contribution in [0.4, 0.5) is 0 Å². The van der Waals surface area contributed by atoms with Crippen LogP contribution in [0.5, 0.6) is 5.75 Å². The van der Waals surface area contributed by atoms with Crippen molar-refractivity contribution in [2.75, 3.05) is 0 Å². The van der Waals surface area contributed by atoms with E-state index in [0.717, 1.165) is 46.6 Å². The summed E-state index contributed by atoms with van der Waals surface area (Å²) >= 11 is 6.57. The van der Waals surface area contributed by atoms with Crippen LogP contribution in [-0.4, -0.2) is 30.6 Å². The minimum absolute atomic E-state index is 0.348. The molecule has 7 nitrogen and oxygen atoms in total. The van der Waals surface area contributed by atoms with E-state index >= 15 is 0 Å². The van der Waals surface area contributed by atoms with Gasteiger partial charge in [0.25, 0.3) is 0 Å². The molecule has 0 bridgehead atoms. The predicted octanol–water partition coefficient (Wildman–Crippen LogP) is 6.05. The van der Waals surface area contributed by atoms with Gasteiger partial charge in [-0.2, -0.15) is 0 Å². The van der Waals surface area contributed by atoms with Crippen molar-refractivity contribution in [2.24, 2.45) is 0 Å². The second kappa shape index (κ2) is 9.50. The highest BCUT2D eigenvalue weighted by Crippen LogP contribution is 2.31. The number of nitrogens with zero attached hydrogens (tertiary/aromatic N) is 4. The maximum absolute atomic E-state index is 6.57. The molecule has 0 spiro atoms. The van der Waals surface area contributed by atoms with E-state index in [-0.39, 0.29) is 0 Å². The number of imidazole rings is 1. The van der Waals surface area contributed by atoms with Crippen molar-refractivity contribution in [3.63, 3.8) is 0 Å². The van der Waals surface area contributed by atoms with Crippen LogP contribution in [0, 0.1) is 20.8 Å². The Morgan fingerprint density at radius 2 is 1.77 bits per heavy atom. The molecule has 178 valence electrons. The van der Waals surface area contributed by atoms with Crippen LogP contribution in [0.3, 0.4) is 0 Å². The van der Waals surface area contributed by atoms with Crippen LogP contribution < -0.4 is 4.74 Å². The van der Waals surface area contributed by atoms with E-state index in [9.17, 15) is 0 Å². The Labute approximate surface area is 208 Å². The zero-order valence-electron chi connectivity index (χ0n) is 20.2. The lowest BCUT2D eigenvalue weighted by Gasteiger charge is -2.15. The molecule has 0 radical (unpaired) electrons. The van der Waals surface area contributed by atoms with Crippen molar-refractivity contribution < 1.29 is 4.74 Å². The first-order valence-electron chi connectivity index (χ1n) is 11.7. The van der Waals surface area contributed by atoms with Gasteiger partial charge in [-0.3, -0.25) is 0 Å². The zero-order valence-corrected chi connectivity index (χ0v) is 21.0.